The van der Waals surface area contributed by atoms with Crippen molar-refractivity contribution in [2.45, 2.75) is 31.2 Å². The second kappa shape index (κ2) is 3.60. The molecule has 1 aromatic carbocycles. The molecule has 3 rings (SSSR count). The lowest BCUT2D eigenvalue weighted by atomic mass is 9.84. The Morgan fingerprint density at radius 2 is 2.13 bits per heavy atom. The zero-order valence-corrected chi connectivity index (χ0v) is 10.4. The highest BCUT2D eigenvalue weighted by atomic mass is 79.9. The predicted molar refractivity (Wildman–Crippen MR) is 65.8 cm³/mol. The van der Waals surface area contributed by atoms with Crippen molar-refractivity contribution in [1.29, 1.82) is 0 Å². The molecule has 0 radical (unpaired) electrons. The molecule has 0 spiro atoms. The lowest BCUT2D eigenvalue weighted by Crippen LogP contribution is -2.43. The van der Waals surface area contributed by atoms with Crippen LogP contribution in [0.3, 0.4) is 0 Å². The summed E-state index contributed by atoms with van der Waals surface area (Å²) in [5.41, 5.74) is 1.75. The average Bonchev–Trinajstić information content (AvgIpc) is 2.56. The van der Waals surface area contributed by atoms with E-state index in [-0.39, 0.29) is 5.54 Å². The Labute approximate surface area is 99.4 Å². The fourth-order valence-electron chi connectivity index (χ4n) is 3.26. The van der Waals surface area contributed by atoms with E-state index in [2.05, 4.69) is 45.5 Å². The van der Waals surface area contributed by atoms with Gasteiger partial charge < -0.3 is 5.32 Å². The first kappa shape index (κ1) is 9.86. The van der Waals surface area contributed by atoms with Gasteiger partial charge >= 0.3 is 0 Å². The highest BCUT2D eigenvalue weighted by Gasteiger charge is 2.43. The third kappa shape index (κ3) is 1.55. The summed E-state index contributed by atoms with van der Waals surface area (Å²) in [4.78, 5) is 0. The summed E-state index contributed by atoms with van der Waals surface area (Å²) in [6.07, 6.45) is 5.40. The van der Waals surface area contributed by atoms with Gasteiger partial charge in [-0.05, 0) is 49.8 Å². The number of rotatable bonds is 1. The molecule has 0 aromatic heterocycles. The zero-order chi connectivity index (χ0) is 10.3. The molecule has 1 aliphatic carbocycles. The number of benzene rings is 1. The van der Waals surface area contributed by atoms with E-state index >= 15 is 0 Å². The van der Waals surface area contributed by atoms with Gasteiger partial charge in [-0.1, -0.05) is 34.1 Å². The average molecular weight is 266 g/mol. The summed E-state index contributed by atoms with van der Waals surface area (Å²) in [5, 5.41) is 3.75. The minimum atomic E-state index is 0.281. The predicted octanol–water partition coefficient (Wildman–Crippen LogP) is 3.44. The maximum Gasteiger partial charge on any atom is 0.0448 e. The van der Waals surface area contributed by atoms with Gasteiger partial charge in [-0.2, -0.15) is 0 Å². The van der Waals surface area contributed by atoms with Gasteiger partial charge in [-0.15, -0.1) is 0 Å². The maximum atomic E-state index is 3.75. The SMILES string of the molecule is Brc1ccccc1C12CCC(CCN1)C2. The number of nitrogens with one attached hydrogen (secondary N) is 1. The molecule has 1 N–H and O–H groups in total. The van der Waals surface area contributed by atoms with E-state index in [1.165, 1.54) is 42.3 Å². The van der Waals surface area contributed by atoms with Gasteiger partial charge in [0.25, 0.3) is 0 Å². The Morgan fingerprint density at radius 3 is 3.00 bits per heavy atom. The van der Waals surface area contributed by atoms with Crippen LogP contribution in [-0.2, 0) is 5.54 Å². The van der Waals surface area contributed by atoms with Crippen LogP contribution in [0.1, 0.15) is 31.2 Å². The molecule has 2 bridgehead atoms. The summed E-state index contributed by atoms with van der Waals surface area (Å²) in [7, 11) is 0. The molecule has 2 heteroatoms. The van der Waals surface area contributed by atoms with Crippen molar-refractivity contribution in [1.82, 2.24) is 5.32 Å². The minimum absolute atomic E-state index is 0.281. The summed E-state index contributed by atoms with van der Waals surface area (Å²) in [6.45, 7) is 1.19. The molecule has 1 heterocycles. The molecule has 0 amide bonds. The molecule has 2 atom stereocenters. The highest BCUT2D eigenvalue weighted by Crippen LogP contribution is 2.47. The van der Waals surface area contributed by atoms with E-state index in [1.54, 1.807) is 0 Å². The van der Waals surface area contributed by atoms with E-state index in [0.717, 1.165) is 5.92 Å². The van der Waals surface area contributed by atoms with Crippen LogP contribution >= 0.6 is 15.9 Å². The number of piperidine rings is 1. The van der Waals surface area contributed by atoms with Crippen molar-refractivity contribution < 1.29 is 0 Å². The van der Waals surface area contributed by atoms with Crippen molar-refractivity contribution in [2.24, 2.45) is 5.92 Å². The molecule has 15 heavy (non-hydrogen) atoms. The number of hydrogen-bond donors (Lipinski definition) is 1. The van der Waals surface area contributed by atoms with Crippen molar-refractivity contribution in [3.63, 3.8) is 0 Å². The van der Waals surface area contributed by atoms with Crippen LogP contribution in [-0.4, -0.2) is 6.54 Å². The number of halogens is 1. The monoisotopic (exact) mass is 265 g/mol. The lowest BCUT2D eigenvalue weighted by molar-refractivity contribution is 0.274. The van der Waals surface area contributed by atoms with Crippen LogP contribution < -0.4 is 5.32 Å². The first-order chi connectivity index (χ1) is 7.30. The first-order valence-electron chi connectivity index (χ1n) is 5.80. The molecule has 1 saturated carbocycles. The fraction of sp³-hybridized carbons (Fsp3) is 0.538. The van der Waals surface area contributed by atoms with Crippen molar-refractivity contribution in [3.8, 4) is 0 Å². The number of fused-ring (bicyclic) bond motifs is 2. The first-order valence-corrected chi connectivity index (χ1v) is 6.59. The summed E-state index contributed by atoms with van der Waals surface area (Å²) >= 11 is 3.69. The van der Waals surface area contributed by atoms with Gasteiger partial charge in [0.2, 0.25) is 0 Å². The lowest BCUT2D eigenvalue weighted by Gasteiger charge is -2.36. The Kier molecular flexibility index (Phi) is 2.37. The third-order valence-electron chi connectivity index (χ3n) is 4.02. The van der Waals surface area contributed by atoms with Crippen molar-refractivity contribution in [3.05, 3.63) is 34.3 Å². The van der Waals surface area contributed by atoms with Gasteiger partial charge in [0, 0.05) is 10.0 Å². The van der Waals surface area contributed by atoms with Crippen LogP contribution in [0.25, 0.3) is 0 Å². The fourth-order valence-corrected chi connectivity index (χ4v) is 3.92. The van der Waals surface area contributed by atoms with Crippen LogP contribution in [0.4, 0.5) is 0 Å². The van der Waals surface area contributed by atoms with Crippen molar-refractivity contribution in [2.75, 3.05) is 6.54 Å². The Hall–Kier alpha value is -0.340. The molecule has 1 aliphatic heterocycles. The normalized spacial score (nSPS) is 34.3. The van der Waals surface area contributed by atoms with Gasteiger partial charge in [0.05, 0.1) is 0 Å². The summed E-state index contributed by atoms with van der Waals surface area (Å²) in [5.74, 6) is 0.957. The molecule has 1 aromatic rings. The molecule has 2 aliphatic rings. The van der Waals surface area contributed by atoms with E-state index in [1.807, 2.05) is 0 Å². The zero-order valence-electron chi connectivity index (χ0n) is 8.80. The molecular weight excluding hydrogens is 250 g/mol. The van der Waals surface area contributed by atoms with E-state index < -0.39 is 0 Å². The Balaban J connectivity index is 2.02. The molecule has 1 saturated heterocycles. The molecule has 80 valence electrons. The van der Waals surface area contributed by atoms with Gasteiger partial charge in [-0.25, -0.2) is 0 Å². The van der Waals surface area contributed by atoms with Gasteiger partial charge in [0.1, 0.15) is 0 Å². The van der Waals surface area contributed by atoms with Crippen LogP contribution in [0.2, 0.25) is 0 Å². The summed E-state index contributed by atoms with van der Waals surface area (Å²) in [6, 6.07) is 8.68. The Morgan fingerprint density at radius 1 is 1.27 bits per heavy atom. The van der Waals surface area contributed by atoms with E-state index in [4.69, 9.17) is 0 Å². The number of hydrogen-bond acceptors (Lipinski definition) is 1. The highest BCUT2D eigenvalue weighted by molar-refractivity contribution is 9.10. The van der Waals surface area contributed by atoms with Gasteiger partial charge in [-0.3, -0.25) is 0 Å². The topological polar surface area (TPSA) is 12.0 Å². The molecule has 2 unspecified atom stereocenters. The smallest absolute Gasteiger partial charge is 0.0448 e. The van der Waals surface area contributed by atoms with Crippen molar-refractivity contribution >= 4 is 15.9 Å². The summed E-state index contributed by atoms with van der Waals surface area (Å²) < 4.78 is 1.26. The van der Waals surface area contributed by atoms with Gasteiger partial charge in [0.15, 0.2) is 0 Å². The van der Waals surface area contributed by atoms with E-state index in [0.29, 0.717) is 0 Å². The standard InChI is InChI=1S/C13H16BrN/c14-12-4-2-1-3-11(12)13-7-5-10(9-13)6-8-15-13/h1-4,10,15H,5-9H2. The molecule has 1 nitrogen and oxygen atoms in total. The van der Waals surface area contributed by atoms with Crippen LogP contribution in [0, 0.1) is 5.92 Å². The van der Waals surface area contributed by atoms with Crippen LogP contribution in [0.15, 0.2) is 28.7 Å². The van der Waals surface area contributed by atoms with E-state index in [9.17, 15) is 0 Å². The largest absolute Gasteiger partial charge is 0.307 e. The van der Waals surface area contributed by atoms with Crippen LogP contribution in [0.5, 0.6) is 0 Å². The molecular formula is C13H16BrN. The molecule has 2 fully saturated rings. The second-order valence-corrected chi connectivity index (χ2v) is 5.74. The Bertz CT molecular complexity index is 373. The maximum absolute atomic E-state index is 3.75. The second-order valence-electron chi connectivity index (χ2n) is 4.89. The third-order valence-corrected chi connectivity index (χ3v) is 4.71. The quantitative estimate of drug-likeness (QED) is 0.821. The minimum Gasteiger partial charge on any atom is -0.307 e.